The van der Waals surface area contributed by atoms with Crippen molar-refractivity contribution in [2.75, 3.05) is 6.54 Å². The Balaban J connectivity index is 2.74. The van der Waals surface area contributed by atoms with Gasteiger partial charge in [-0.25, -0.2) is 0 Å². The van der Waals surface area contributed by atoms with E-state index in [2.05, 4.69) is 51.8 Å². The molecule has 0 aromatic rings. The van der Waals surface area contributed by atoms with Crippen molar-refractivity contribution in [3.63, 3.8) is 0 Å². The fourth-order valence-corrected chi connectivity index (χ4v) is 2.48. The van der Waals surface area contributed by atoms with Crippen LogP contribution >= 0.6 is 0 Å². The van der Waals surface area contributed by atoms with Gasteiger partial charge in [0.2, 0.25) is 5.91 Å². The third-order valence-electron chi connectivity index (χ3n) is 4.12. The van der Waals surface area contributed by atoms with Crippen LogP contribution in [0.3, 0.4) is 0 Å². The summed E-state index contributed by atoms with van der Waals surface area (Å²) >= 11 is 0. The van der Waals surface area contributed by atoms with Crippen molar-refractivity contribution in [3.05, 3.63) is 0 Å². The minimum Gasteiger partial charge on any atom is -0.325 e. The molecule has 3 unspecified atom stereocenters. The van der Waals surface area contributed by atoms with Gasteiger partial charge in [-0.2, -0.15) is 0 Å². The minimum absolute atomic E-state index is 0.0433. The predicted molar refractivity (Wildman–Crippen MR) is 76.2 cm³/mol. The molecule has 106 valence electrons. The van der Waals surface area contributed by atoms with E-state index < -0.39 is 0 Å². The van der Waals surface area contributed by atoms with Crippen LogP contribution < -0.4 is 5.32 Å². The van der Waals surface area contributed by atoms with Crippen molar-refractivity contribution in [2.45, 2.75) is 66.6 Å². The summed E-state index contributed by atoms with van der Waals surface area (Å²) in [4.78, 5) is 14.5. The topological polar surface area (TPSA) is 32.3 Å². The highest BCUT2D eigenvalue weighted by atomic mass is 16.2. The lowest BCUT2D eigenvalue weighted by molar-refractivity contribution is -0.131. The zero-order chi connectivity index (χ0) is 13.9. The number of nitrogens with one attached hydrogen (secondary N) is 1. The highest BCUT2D eigenvalue weighted by Crippen LogP contribution is 2.23. The number of amides is 1. The Morgan fingerprint density at radius 2 is 1.83 bits per heavy atom. The van der Waals surface area contributed by atoms with E-state index in [-0.39, 0.29) is 12.2 Å². The summed E-state index contributed by atoms with van der Waals surface area (Å²) in [5, 5.41) is 3.51. The van der Waals surface area contributed by atoms with Crippen LogP contribution in [0.4, 0.5) is 0 Å². The highest BCUT2D eigenvalue weighted by molar-refractivity contribution is 5.84. The van der Waals surface area contributed by atoms with Crippen LogP contribution in [0.15, 0.2) is 0 Å². The second-order valence-electron chi connectivity index (χ2n) is 6.41. The average molecular weight is 254 g/mol. The molecule has 1 aliphatic heterocycles. The molecule has 0 spiro atoms. The molecule has 18 heavy (non-hydrogen) atoms. The fourth-order valence-electron chi connectivity index (χ4n) is 2.48. The summed E-state index contributed by atoms with van der Waals surface area (Å²) in [6.07, 6.45) is 2.23. The first-order valence-corrected chi connectivity index (χ1v) is 7.45. The lowest BCUT2D eigenvalue weighted by Crippen LogP contribution is -2.44. The van der Waals surface area contributed by atoms with Gasteiger partial charge in [0.15, 0.2) is 0 Å². The van der Waals surface area contributed by atoms with Gasteiger partial charge in [0.05, 0.1) is 12.2 Å². The number of hydrogen-bond donors (Lipinski definition) is 1. The Morgan fingerprint density at radius 1 is 1.22 bits per heavy atom. The summed E-state index contributed by atoms with van der Waals surface area (Å²) < 4.78 is 0. The van der Waals surface area contributed by atoms with Crippen molar-refractivity contribution in [1.82, 2.24) is 10.2 Å². The van der Waals surface area contributed by atoms with Gasteiger partial charge in [0.1, 0.15) is 0 Å². The second-order valence-corrected chi connectivity index (χ2v) is 6.41. The van der Waals surface area contributed by atoms with Crippen LogP contribution in [-0.2, 0) is 4.79 Å². The summed E-state index contributed by atoms with van der Waals surface area (Å²) in [5.74, 6) is 1.95. The zero-order valence-corrected chi connectivity index (χ0v) is 12.9. The van der Waals surface area contributed by atoms with Crippen molar-refractivity contribution < 1.29 is 4.79 Å². The van der Waals surface area contributed by atoms with Gasteiger partial charge >= 0.3 is 0 Å². The van der Waals surface area contributed by atoms with Gasteiger partial charge < -0.3 is 4.90 Å². The van der Waals surface area contributed by atoms with Crippen LogP contribution in [0.1, 0.15) is 54.4 Å². The lowest BCUT2D eigenvalue weighted by Gasteiger charge is -2.30. The van der Waals surface area contributed by atoms with Crippen LogP contribution in [0.2, 0.25) is 0 Å². The summed E-state index contributed by atoms with van der Waals surface area (Å²) in [6, 6.07) is 0.0433. The van der Waals surface area contributed by atoms with Gasteiger partial charge in [-0.15, -0.1) is 0 Å². The molecule has 0 radical (unpaired) electrons. The molecule has 0 aliphatic carbocycles. The molecule has 1 N–H and O–H groups in total. The Hall–Kier alpha value is -0.570. The van der Waals surface area contributed by atoms with E-state index >= 15 is 0 Å². The Kier molecular flexibility index (Phi) is 5.64. The van der Waals surface area contributed by atoms with E-state index in [1.165, 1.54) is 0 Å². The average Bonchev–Trinajstić information content (AvgIpc) is 2.58. The molecule has 0 saturated carbocycles. The van der Waals surface area contributed by atoms with E-state index in [1.54, 1.807) is 0 Å². The number of nitrogens with zero attached hydrogens (tertiary/aromatic N) is 1. The van der Waals surface area contributed by atoms with Crippen molar-refractivity contribution >= 4 is 5.91 Å². The summed E-state index contributed by atoms with van der Waals surface area (Å²) in [7, 11) is 0. The monoisotopic (exact) mass is 254 g/mol. The molecule has 3 heteroatoms. The molecule has 0 aromatic heterocycles. The molecule has 1 rings (SSSR count). The van der Waals surface area contributed by atoms with E-state index in [9.17, 15) is 4.79 Å². The van der Waals surface area contributed by atoms with Crippen molar-refractivity contribution in [3.8, 4) is 0 Å². The van der Waals surface area contributed by atoms with Crippen LogP contribution in [-0.4, -0.2) is 29.6 Å². The molecule has 1 amide bonds. The van der Waals surface area contributed by atoms with Gasteiger partial charge in [-0.3, -0.25) is 10.1 Å². The SMILES string of the molecule is CCCC1NC(C(C)C)N(CC(C)C(C)C)C1=O. The molecule has 1 aliphatic rings. The van der Waals surface area contributed by atoms with Gasteiger partial charge in [-0.1, -0.05) is 48.0 Å². The Morgan fingerprint density at radius 3 is 2.28 bits per heavy atom. The third-order valence-corrected chi connectivity index (χ3v) is 4.12. The molecule has 3 nitrogen and oxygen atoms in total. The van der Waals surface area contributed by atoms with E-state index in [0.29, 0.717) is 23.7 Å². The van der Waals surface area contributed by atoms with Crippen LogP contribution in [0.25, 0.3) is 0 Å². The maximum Gasteiger partial charge on any atom is 0.241 e. The Labute approximate surface area is 112 Å². The maximum atomic E-state index is 12.4. The first kappa shape index (κ1) is 15.5. The van der Waals surface area contributed by atoms with E-state index in [4.69, 9.17) is 0 Å². The fraction of sp³-hybridized carbons (Fsp3) is 0.933. The van der Waals surface area contributed by atoms with Crippen LogP contribution in [0, 0.1) is 17.8 Å². The predicted octanol–water partition coefficient (Wildman–Crippen LogP) is 2.86. The van der Waals surface area contributed by atoms with Gasteiger partial charge in [-0.05, 0) is 24.2 Å². The zero-order valence-electron chi connectivity index (χ0n) is 12.9. The lowest BCUT2D eigenvalue weighted by atomic mass is 9.97. The second kappa shape index (κ2) is 6.55. The third kappa shape index (κ3) is 3.47. The normalized spacial score (nSPS) is 26.4. The number of rotatable bonds is 6. The van der Waals surface area contributed by atoms with Crippen molar-refractivity contribution in [2.24, 2.45) is 17.8 Å². The summed E-state index contributed by atoms with van der Waals surface area (Å²) in [5.41, 5.74) is 0. The first-order chi connectivity index (χ1) is 8.38. The number of hydrogen-bond acceptors (Lipinski definition) is 2. The van der Waals surface area contributed by atoms with E-state index in [1.807, 2.05) is 0 Å². The highest BCUT2D eigenvalue weighted by Gasteiger charge is 2.39. The molecule has 1 heterocycles. The molecular weight excluding hydrogens is 224 g/mol. The maximum absolute atomic E-state index is 12.4. The molecule has 3 atom stereocenters. The molecule has 0 bridgehead atoms. The number of carbonyl (C=O) groups is 1. The minimum atomic E-state index is 0.0433. The van der Waals surface area contributed by atoms with E-state index in [0.717, 1.165) is 19.4 Å². The molecular formula is C15H30N2O. The Bertz CT molecular complexity index is 276. The van der Waals surface area contributed by atoms with Crippen molar-refractivity contribution in [1.29, 1.82) is 0 Å². The standard InChI is InChI=1S/C15H30N2O/c1-7-8-13-15(18)17(9-12(6)10(2)3)14(16-13)11(4)5/h10-14,16H,7-9H2,1-6H3. The molecule has 1 fully saturated rings. The quantitative estimate of drug-likeness (QED) is 0.790. The summed E-state index contributed by atoms with van der Waals surface area (Å²) in [6.45, 7) is 14.1. The smallest absolute Gasteiger partial charge is 0.241 e. The number of carbonyl (C=O) groups excluding carboxylic acids is 1. The van der Waals surface area contributed by atoms with Gasteiger partial charge in [0, 0.05) is 6.54 Å². The largest absolute Gasteiger partial charge is 0.325 e. The van der Waals surface area contributed by atoms with Crippen LogP contribution in [0.5, 0.6) is 0 Å². The van der Waals surface area contributed by atoms with Gasteiger partial charge in [0.25, 0.3) is 0 Å². The molecule has 0 aromatic carbocycles. The molecule has 1 saturated heterocycles. The first-order valence-electron chi connectivity index (χ1n) is 7.45.